The summed E-state index contributed by atoms with van der Waals surface area (Å²) in [6.07, 6.45) is 47.6. The van der Waals surface area contributed by atoms with Gasteiger partial charge in [-0.3, -0.25) is 0 Å². The van der Waals surface area contributed by atoms with Crippen LogP contribution in [0.1, 0.15) is 328 Å². The molecule has 0 bridgehead atoms. The summed E-state index contributed by atoms with van der Waals surface area (Å²) in [5.74, 6) is -0.207. The van der Waals surface area contributed by atoms with E-state index in [1.165, 1.54) is 180 Å². The molecular weight excluding hydrogens is 1050 g/mol. The van der Waals surface area contributed by atoms with Crippen molar-refractivity contribution in [2.24, 2.45) is 5.41 Å². The van der Waals surface area contributed by atoms with Crippen molar-refractivity contribution in [1.29, 1.82) is 0 Å². The summed E-state index contributed by atoms with van der Waals surface area (Å²) in [6, 6.07) is 16.7. The van der Waals surface area contributed by atoms with Crippen molar-refractivity contribution in [3.05, 3.63) is 82.4 Å². The number of ether oxygens (including phenoxy) is 6. The lowest BCUT2D eigenvalue weighted by Crippen LogP contribution is -2.43. The molecule has 3 aromatic rings. The molecule has 0 unspecified atom stereocenters. The Bertz CT molecular complexity index is 1990. The molecule has 0 saturated carbocycles. The van der Waals surface area contributed by atoms with Gasteiger partial charge in [-0.05, 0) is 62.8 Å². The number of benzene rings is 3. The number of unbranched alkanes of at least 4 members (excludes halogenated alkanes) is 36. The molecule has 3 aromatic carbocycles. The molecule has 476 valence electrons. The van der Waals surface area contributed by atoms with Crippen LogP contribution in [0.15, 0.2) is 54.6 Å². The lowest BCUT2D eigenvalue weighted by molar-refractivity contribution is -0.234. The molecule has 1 aliphatic rings. The fourth-order valence-electron chi connectivity index (χ4n) is 12.0. The van der Waals surface area contributed by atoms with E-state index in [9.17, 15) is 19.8 Å². The molecule has 84 heavy (non-hydrogen) atoms. The summed E-state index contributed by atoms with van der Waals surface area (Å²) in [5.41, 5.74) is 1.13. The van der Waals surface area contributed by atoms with Crippen LogP contribution in [0.2, 0.25) is 0 Å². The Morgan fingerprint density at radius 3 is 0.940 bits per heavy atom. The number of aromatic carboxylic acids is 2. The van der Waals surface area contributed by atoms with Gasteiger partial charge in [0.05, 0.1) is 50.8 Å². The van der Waals surface area contributed by atoms with E-state index < -0.39 is 23.6 Å². The van der Waals surface area contributed by atoms with Crippen LogP contribution in [0, 0.1) is 5.41 Å². The van der Waals surface area contributed by atoms with E-state index in [1.54, 1.807) is 24.3 Å². The highest BCUT2D eigenvalue weighted by Crippen LogP contribution is 2.46. The molecule has 2 N–H and O–H groups in total. The number of rotatable bonds is 55. The second kappa shape index (κ2) is 46.9. The first-order valence-electron chi connectivity index (χ1n) is 34.8. The van der Waals surface area contributed by atoms with Gasteiger partial charge in [-0.2, -0.15) is 0 Å². The standard InChI is InChI=1S/C74H120O10/c1-5-9-13-17-21-25-29-33-37-44-54-79-67-52-50-63(71(75)76)65(69(67)81-56-46-39-35-31-27-23-19-15-11-7-3)58-74(60-83-73(84-61-74)62-48-42-41-43-49-62)59-66-64(72(77)78)51-53-68(80-55-45-38-34-30-26-22-18-14-10-6-2)70(66)82-57-47-40-36-32-28-24-20-16-12-8-4/h41-43,48-53,73H,5-40,44-47,54-61H2,1-4H3,(H,75,76)(H,77,78). The topological polar surface area (TPSA) is 130 Å². The maximum absolute atomic E-state index is 13.5. The lowest BCUT2D eigenvalue weighted by atomic mass is 9.75. The van der Waals surface area contributed by atoms with Gasteiger partial charge in [-0.25, -0.2) is 9.59 Å². The third-order valence-corrected chi connectivity index (χ3v) is 17.2. The highest BCUT2D eigenvalue weighted by molar-refractivity contribution is 5.92. The zero-order valence-corrected chi connectivity index (χ0v) is 53.9. The molecule has 0 aromatic heterocycles. The van der Waals surface area contributed by atoms with Crippen LogP contribution in [-0.4, -0.2) is 61.8 Å². The van der Waals surface area contributed by atoms with E-state index in [2.05, 4.69) is 27.7 Å². The molecule has 0 atom stereocenters. The highest BCUT2D eigenvalue weighted by atomic mass is 16.7. The number of carboxylic acids is 2. The number of carboxylic acid groups (broad SMARTS) is 2. The number of carbonyl (C=O) groups is 2. The third kappa shape index (κ3) is 29.9. The Morgan fingerprint density at radius 2 is 0.655 bits per heavy atom. The summed E-state index contributed by atoms with van der Waals surface area (Å²) >= 11 is 0. The first-order valence-corrected chi connectivity index (χ1v) is 34.8. The monoisotopic (exact) mass is 1170 g/mol. The summed E-state index contributed by atoms with van der Waals surface area (Å²) in [6.45, 7) is 11.1. The Kier molecular flexibility index (Phi) is 40.3. The first kappa shape index (κ1) is 72.2. The molecule has 0 spiro atoms. The van der Waals surface area contributed by atoms with Crippen LogP contribution in [0.5, 0.6) is 23.0 Å². The van der Waals surface area contributed by atoms with Gasteiger partial charge >= 0.3 is 11.9 Å². The van der Waals surface area contributed by atoms with Gasteiger partial charge in [0.15, 0.2) is 29.3 Å². The molecule has 0 amide bonds. The van der Waals surface area contributed by atoms with Gasteiger partial charge in [0.25, 0.3) is 0 Å². The van der Waals surface area contributed by atoms with Crippen LogP contribution >= 0.6 is 0 Å². The molecular formula is C74H120O10. The summed E-state index contributed by atoms with van der Waals surface area (Å²) in [7, 11) is 0. The predicted octanol–water partition coefficient (Wildman–Crippen LogP) is 21.8. The first-order chi connectivity index (χ1) is 41.3. The SMILES string of the molecule is CCCCCCCCCCCCOc1ccc(C(=O)O)c(CC2(Cc3c(C(=O)O)ccc(OCCCCCCCCCCCC)c3OCCCCCCCCCCCC)COC(c3ccccc3)OC2)c1OCCCCCCCCCCCC. The minimum absolute atomic E-state index is 0.119. The minimum Gasteiger partial charge on any atom is -0.490 e. The van der Waals surface area contributed by atoms with Crippen molar-refractivity contribution < 1.29 is 48.2 Å². The number of hydrogen-bond donors (Lipinski definition) is 2. The Labute approximate surface area is 512 Å². The van der Waals surface area contributed by atoms with Gasteiger partial charge in [0.1, 0.15) is 0 Å². The van der Waals surface area contributed by atoms with Gasteiger partial charge in [0.2, 0.25) is 0 Å². The van der Waals surface area contributed by atoms with Gasteiger partial charge in [0, 0.05) is 22.1 Å². The largest absolute Gasteiger partial charge is 0.490 e. The third-order valence-electron chi connectivity index (χ3n) is 17.2. The average Bonchev–Trinajstić information content (AvgIpc) is 2.77. The molecule has 0 aliphatic carbocycles. The maximum Gasteiger partial charge on any atom is 0.336 e. The van der Waals surface area contributed by atoms with Crippen molar-refractivity contribution in [3.8, 4) is 23.0 Å². The predicted molar refractivity (Wildman–Crippen MR) is 347 cm³/mol. The minimum atomic E-state index is -1.07. The van der Waals surface area contributed by atoms with Gasteiger partial charge < -0.3 is 38.6 Å². The van der Waals surface area contributed by atoms with Crippen molar-refractivity contribution >= 4 is 11.9 Å². The molecule has 1 fully saturated rings. The second-order valence-electron chi connectivity index (χ2n) is 24.8. The van der Waals surface area contributed by atoms with E-state index in [1.807, 2.05) is 30.3 Å². The van der Waals surface area contributed by atoms with Crippen LogP contribution in [-0.2, 0) is 22.3 Å². The molecule has 10 heteroatoms. The quantitative estimate of drug-likeness (QED) is 0.0527. The second-order valence-corrected chi connectivity index (χ2v) is 24.8. The van der Waals surface area contributed by atoms with Crippen molar-refractivity contribution in [3.63, 3.8) is 0 Å². The Morgan fingerprint density at radius 1 is 0.381 bits per heavy atom. The summed E-state index contributed by atoms with van der Waals surface area (Å²) in [4.78, 5) is 27.1. The molecule has 1 aliphatic heterocycles. The van der Waals surface area contributed by atoms with Gasteiger partial charge in [-0.1, -0.05) is 289 Å². The lowest BCUT2D eigenvalue weighted by Gasteiger charge is -2.41. The molecule has 1 saturated heterocycles. The average molecular weight is 1170 g/mol. The zero-order chi connectivity index (χ0) is 60.0. The van der Waals surface area contributed by atoms with Crippen LogP contribution in [0.25, 0.3) is 0 Å². The molecule has 0 radical (unpaired) electrons. The van der Waals surface area contributed by atoms with Crippen molar-refractivity contribution in [2.75, 3.05) is 39.6 Å². The Hall–Kier alpha value is -4.28. The number of hydrogen-bond acceptors (Lipinski definition) is 8. The smallest absolute Gasteiger partial charge is 0.336 e. The van der Waals surface area contributed by atoms with E-state index in [0.29, 0.717) is 60.6 Å². The Balaban J connectivity index is 1.68. The van der Waals surface area contributed by atoms with E-state index in [0.717, 1.165) is 82.6 Å². The highest BCUT2D eigenvalue weighted by Gasteiger charge is 2.42. The fourth-order valence-corrected chi connectivity index (χ4v) is 12.0. The molecule has 4 rings (SSSR count). The summed E-state index contributed by atoms with van der Waals surface area (Å²) < 4.78 is 40.4. The van der Waals surface area contributed by atoms with E-state index in [-0.39, 0.29) is 37.2 Å². The van der Waals surface area contributed by atoms with Crippen molar-refractivity contribution in [1.82, 2.24) is 0 Å². The normalized spacial score (nSPS) is 13.3. The van der Waals surface area contributed by atoms with Gasteiger partial charge in [-0.15, -0.1) is 0 Å². The van der Waals surface area contributed by atoms with Crippen LogP contribution < -0.4 is 18.9 Å². The van der Waals surface area contributed by atoms with E-state index >= 15 is 0 Å². The zero-order valence-electron chi connectivity index (χ0n) is 53.9. The van der Waals surface area contributed by atoms with Crippen LogP contribution in [0.3, 0.4) is 0 Å². The van der Waals surface area contributed by atoms with Crippen molar-refractivity contribution in [2.45, 2.75) is 304 Å². The summed E-state index contributed by atoms with van der Waals surface area (Å²) in [5, 5.41) is 22.1. The fraction of sp³-hybridized carbons (Fsp3) is 0.730. The van der Waals surface area contributed by atoms with Crippen LogP contribution in [0.4, 0.5) is 0 Å². The maximum atomic E-state index is 13.5. The van der Waals surface area contributed by atoms with E-state index in [4.69, 9.17) is 28.4 Å². The molecule has 1 heterocycles. The molecule has 10 nitrogen and oxygen atoms in total.